The molecule has 1 fully saturated rings. The molecule has 0 aliphatic carbocycles. The van der Waals surface area contributed by atoms with Crippen molar-refractivity contribution >= 4 is 0 Å². The van der Waals surface area contributed by atoms with Crippen LogP contribution in [0.3, 0.4) is 0 Å². The zero-order valence-electron chi connectivity index (χ0n) is 12.3. The maximum atomic E-state index is 13.4. The summed E-state index contributed by atoms with van der Waals surface area (Å²) >= 11 is 0. The van der Waals surface area contributed by atoms with Gasteiger partial charge in [-0.2, -0.15) is 0 Å². The number of nitrogens with zero attached hydrogens (tertiary/aromatic N) is 1. The Morgan fingerprint density at radius 2 is 2.00 bits per heavy atom. The third-order valence-corrected chi connectivity index (χ3v) is 4.31. The van der Waals surface area contributed by atoms with E-state index in [9.17, 15) is 4.39 Å². The third kappa shape index (κ3) is 4.02. The number of hydrogen-bond donors (Lipinski definition) is 1. The smallest absolute Gasteiger partial charge is 0.126 e. The van der Waals surface area contributed by atoms with Crippen LogP contribution in [0.1, 0.15) is 30.9 Å². The van der Waals surface area contributed by atoms with Crippen LogP contribution >= 0.6 is 0 Å². The summed E-state index contributed by atoms with van der Waals surface area (Å²) in [5, 5.41) is 3.49. The van der Waals surface area contributed by atoms with Crippen molar-refractivity contribution in [1.82, 2.24) is 10.2 Å². The van der Waals surface area contributed by atoms with Crippen LogP contribution in [0.15, 0.2) is 18.2 Å². The fraction of sp³-hybridized carbons (Fsp3) is 0.625. The van der Waals surface area contributed by atoms with Gasteiger partial charge in [-0.1, -0.05) is 19.1 Å². The first kappa shape index (κ1) is 14.5. The van der Waals surface area contributed by atoms with Gasteiger partial charge in [0, 0.05) is 13.1 Å². The molecule has 0 saturated carbocycles. The fourth-order valence-corrected chi connectivity index (χ4v) is 2.59. The van der Waals surface area contributed by atoms with Gasteiger partial charge in [-0.3, -0.25) is 0 Å². The molecular formula is C16H25FN2. The number of hydrogen-bond acceptors (Lipinski definition) is 2. The molecule has 1 aromatic rings. The standard InChI is InChI=1S/C16H25FN2/c1-13-4-5-14(10-15(13)17)11-18-12-16(2)6-8-19(3)9-7-16/h4-5,10,18H,6-9,11-12H2,1-3H3. The molecule has 0 atom stereocenters. The second-order valence-electron chi connectivity index (χ2n) is 6.30. The molecule has 2 rings (SSSR count). The first-order valence-electron chi connectivity index (χ1n) is 7.13. The molecule has 0 unspecified atom stereocenters. The second-order valence-corrected chi connectivity index (χ2v) is 6.30. The number of halogens is 1. The van der Waals surface area contributed by atoms with Crippen LogP contribution in [0.2, 0.25) is 0 Å². The van der Waals surface area contributed by atoms with Gasteiger partial charge in [-0.15, -0.1) is 0 Å². The maximum Gasteiger partial charge on any atom is 0.126 e. The molecule has 0 amide bonds. The molecule has 0 spiro atoms. The van der Waals surface area contributed by atoms with Crippen molar-refractivity contribution in [3.63, 3.8) is 0 Å². The molecule has 3 heteroatoms. The number of aryl methyl sites for hydroxylation is 1. The predicted molar refractivity (Wildman–Crippen MR) is 77.7 cm³/mol. The number of piperidine rings is 1. The van der Waals surface area contributed by atoms with Crippen LogP contribution in [0.4, 0.5) is 4.39 Å². The first-order chi connectivity index (χ1) is 8.98. The number of nitrogens with one attached hydrogen (secondary N) is 1. The summed E-state index contributed by atoms with van der Waals surface area (Å²) in [7, 11) is 2.18. The minimum absolute atomic E-state index is 0.107. The van der Waals surface area contributed by atoms with E-state index in [2.05, 4.69) is 24.2 Å². The number of likely N-dealkylation sites (tertiary alicyclic amines) is 1. The average Bonchev–Trinajstić information content (AvgIpc) is 2.38. The molecule has 0 bridgehead atoms. The van der Waals surface area contributed by atoms with Crippen molar-refractivity contribution in [2.24, 2.45) is 5.41 Å². The van der Waals surface area contributed by atoms with Crippen LogP contribution in [0.5, 0.6) is 0 Å². The largest absolute Gasteiger partial charge is 0.312 e. The lowest BCUT2D eigenvalue weighted by molar-refractivity contribution is 0.137. The van der Waals surface area contributed by atoms with Gasteiger partial charge in [0.25, 0.3) is 0 Å². The summed E-state index contributed by atoms with van der Waals surface area (Å²) in [5.74, 6) is -0.107. The Balaban J connectivity index is 1.81. The quantitative estimate of drug-likeness (QED) is 0.899. The highest BCUT2D eigenvalue weighted by molar-refractivity contribution is 5.23. The normalized spacial score (nSPS) is 19.6. The highest BCUT2D eigenvalue weighted by Crippen LogP contribution is 2.29. The Morgan fingerprint density at radius 1 is 1.32 bits per heavy atom. The fourth-order valence-electron chi connectivity index (χ4n) is 2.59. The van der Waals surface area contributed by atoms with Gasteiger partial charge in [-0.25, -0.2) is 4.39 Å². The van der Waals surface area contributed by atoms with E-state index in [1.54, 1.807) is 13.0 Å². The summed E-state index contributed by atoms with van der Waals surface area (Å²) < 4.78 is 13.4. The number of benzene rings is 1. The van der Waals surface area contributed by atoms with E-state index in [0.717, 1.165) is 18.7 Å². The molecule has 106 valence electrons. The van der Waals surface area contributed by atoms with E-state index >= 15 is 0 Å². The van der Waals surface area contributed by atoms with E-state index < -0.39 is 0 Å². The van der Waals surface area contributed by atoms with Gasteiger partial charge < -0.3 is 10.2 Å². The highest BCUT2D eigenvalue weighted by atomic mass is 19.1. The minimum Gasteiger partial charge on any atom is -0.312 e. The molecule has 0 radical (unpaired) electrons. The molecule has 1 heterocycles. The molecule has 1 aliphatic rings. The molecule has 2 nitrogen and oxygen atoms in total. The summed E-state index contributed by atoms with van der Waals surface area (Å²) in [6.45, 7) is 8.27. The lowest BCUT2D eigenvalue weighted by atomic mass is 9.80. The minimum atomic E-state index is -0.107. The molecule has 1 aliphatic heterocycles. The first-order valence-corrected chi connectivity index (χ1v) is 7.13. The average molecular weight is 264 g/mol. The molecule has 19 heavy (non-hydrogen) atoms. The van der Waals surface area contributed by atoms with E-state index in [1.165, 1.54) is 25.9 Å². The van der Waals surface area contributed by atoms with Crippen LogP contribution in [0.25, 0.3) is 0 Å². The van der Waals surface area contributed by atoms with Crippen molar-refractivity contribution in [2.75, 3.05) is 26.7 Å². The van der Waals surface area contributed by atoms with Crippen molar-refractivity contribution < 1.29 is 4.39 Å². The molecule has 1 aromatic carbocycles. The van der Waals surface area contributed by atoms with Gasteiger partial charge in [-0.05, 0) is 62.5 Å². The van der Waals surface area contributed by atoms with Gasteiger partial charge in [0.15, 0.2) is 0 Å². The monoisotopic (exact) mass is 264 g/mol. The van der Waals surface area contributed by atoms with Crippen LogP contribution < -0.4 is 5.32 Å². The van der Waals surface area contributed by atoms with E-state index in [4.69, 9.17) is 0 Å². The molecule has 0 aromatic heterocycles. The van der Waals surface area contributed by atoms with Crippen LogP contribution in [-0.2, 0) is 6.54 Å². The SMILES string of the molecule is Cc1ccc(CNCC2(C)CCN(C)CC2)cc1F. The van der Waals surface area contributed by atoms with Crippen LogP contribution in [-0.4, -0.2) is 31.6 Å². The van der Waals surface area contributed by atoms with Gasteiger partial charge in [0.2, 0.25) is 0 Å². The zero-order valence-corrected chi connectivity index (χ0v) is 12.3. The molecular weight excluding hydrogens is 239 g/mol. The van der Waals surface area contributed by atoms with Crippen molar-refractivity contribution in [1.29, 1.82) is 0 Å². The molecule has 1 saturated heterocycles. The summed E-state index contributed by atoms with van der Waals surface area (Å²) in [5.41, 5.74) is 2.13. The van der Waals surface area contributed by atoms with Crippen molar-refractivity contribution in [3.05, 3.63) is 35.1 Å². The maximum absolute atomic E-state index is 13.4. The molecule has 1 N–H and O–H groups in total. The Kier molecular flexibility index (Phi) is 4.58. The van der Waals surface area contributed by atoms with E-state index in [1.807, 2.05) is 12.1 Å². The topological polar surface area (TPSA) is 15.3 Å². The second kappa shape index (κ2) is 6.02. The van der Waals surface area contributed by atoms with Crippen molar-refractivity contribution in [2.45, 2.75) is 33.2 Å². The predicted octanol–water partition coefficient (Wildman–Crippen LogP) is 2.96. The Morgan fingerprint density at radius 3 is 2.63 bits per heavy atom. The van der Waals surface area contributed by atoms with Gasteiger partial charge in [0.1, 0.15) is 5.82 Å². The van der Waals surface area contributed by atoms with E-state index in [0.29, 0.717) is 11.0 Å². The van der Waals surface area contributed by atoms with Crippen molar-refractivity contribution in [3.8, 4) is 0 Å². The number of rotatable bonds is 4. The summed E-state index contributed by atoms with van der Waals surface area (Å²) in [6, 6.07) is 5.49. The lowest BCUT2D eigenvalue weighted by Gasteiger charge is -2.38. The zero-order chi connectivity index (χ0) is 13.9. The summed E-state index contributed by atoms with van der Waals surface area (Å²) in [6.07, 6.45) is 2.47. The summed E-state index contributed by atoms with van der Waals surface area (Å²) in [4.78, 5) is 2.39. The lowest BCUT2D eigenvalue weighted by Crippen LogP contribution is -2.41. The Bertz CT molecular complexity index is 423. The highest BCUT2D eigenvalue weighted by Gasteiger charge is 2.28. The van der Waals surface area contributed by atoms with Crippen LogP contribution in [0, 0.1) is 18.2 Å². The van der Waals surface area contributed by atoms with Gasteiger partial charge in [0.05, 0.1) is 0 Å². The van der Waals surface area contributed by atoms with Gasteiger partial charge >= 0.3 is 0 Å². The van der Waals surface area contributed by atoms with E-state index in [-0.39, 0.29) is 5.82 Å². The third-order valence-electron chi connectivity index (χ3n) is 4.31. The Labute approximate surface area is 116 Å². The Hall–Kier alpha value is -0.930.